The third-order valence-corrected chi connectivity index (χ3v) is 6.42. The molecule has 29 heavy (non-hydrogen) atoms. The third kappa shape index (κ3) is 3.47. The van der Waals surface area contributed by atoms with Gasteiger partial charge in [0, 0.05) is 26.8 Å². The number of carbonyl (C=O) groups is 2. The molecule has 0 saturated carbocycles. The van der Waals surface area contributed by atoms with E-state index in [1.807, 2.05) is 54.6 Å². The number of Topliss-reactive ketones (excluding diaryl/α,β-unsaturated/α-hetero) is 1. The fourth-order valence-corrected chi connectivity index (χ4v) is 5.04. The van der Waals surface area contributed by atoms with Crippen LogP contribution in [-0.2, 0) is 21.4 Å². The SMILES string of the molecule is CCOC(=O)C1(c2ccccc2Sc2ccccc2)Cc2cc(Cl)ccc2C1=O. The summed E-state index contributed by atoms with van der Waals surface area (Å²) in [6.07, 6.45) is 0.243. The van der Waals surface area contributed by atoms with Crippen molar-refractivity contribution in [2.75, 3.05) is 6.61 Å². The van der Waals surface area contributed by atoms with Gasteiger partial charge in [-0.2, -0.15) is 0 Å². The summed E-state index contributed by atoms with van der Waals surface area (Å²) in [4.78, 5) is 28.7. The fraction of sp³-hybridized carbons (Fsp3) is 0.167. The molecule has 0 amide bonds. The molecule has 0 radical (unpaired) electrons. The molecule has 4 rings (SSSR count). The highest BCUT2D eigenvalue weighted by Crippen LogP contribution is 2.46. The lowest BCUT2D eigenvalue weighted by molar-refractivity contribution is -0.148. The average molecular weight is 423 g/mol. The molecule has 3 aromatic carbocycles. The van der Waals surface area contributed by atoms with Crippen LogP contribution in [0.3, 0.4) is 0 Å². The van der Waals surface area contributed by atoms with E-state index in [-0.39, 0.29) is 18.8 Å². The highest BCUT2D eigenvalue weighted by Gasteiger charge is 2.55. The van der Waals surface area contributed by atoms with Gasteiger partial charge in [-0.3, -0.25) is 9.59 Å². The smallest absolute Gasteiger partial charge is 0.324 e. The van der Waals surface area contributed by atoms with E-state index >= 15 is 0 Å². The zero-order chi connectivity index (χ0) is 20.4. The Balaban J connectivity index is 1.87. The standard InChI is InChI=1S/C24H19ClO3S/c1-2-28-23(27)24(15-16-14-17(25)12-13-19(16)22(24)26)20-10-6-7-11-21(20)29-18-8-4-3-5-9-18/h3-14H,2,15H2,1H3. The van der Waals surface area contributed by atoms with Crippen LogP contribution >= 0.6 is 23.4 Å². The zero-order valence-corrected chi connectivity index (χ0v) is 17.4. The molecular formula is C24H19ClO3S. The van der Waals surface area contributed by atoms with Crippen molar-refractivity contribution in [2.45, 2.75) is 28.6 Å². The summed E-state index contributed by atoms with van der Waals surface area (Å²) in [7, 11) is 0. The van der Waals surface area contributed by atoms with Crippen molar-refractivity contribution in [1.29, 1.82) is 0 Å². The molecule has 3 nitrogen and oxygen atoms in total. The Labute approximate surface area is 179 Å². The van der Waals surface area contributed by atoms with Gasteiger partial charge in [0.1, 0.15) is 0 Å². The second kappa shape index (κ2) is 8.05. The third-order valence-electron chi connectivity index (χ3n) is 5.10. The van der Waals surface area contributed by atoms with Crippen molar-refractivity contribution in [2.24, 2.45) is 0 Å². The number of rotatable bonds is 5. The van der Waals surface area contributed by atoms with Crippen LogP contribution in [0.2, 0.25) is 5.02 Å². The first kappa shape index (κ1) is 19.7. The monoisotopic (exact) mass is 422 g/mol. The summed E-state index contributed by atoms with van der Waals surface area (Å²) in [5.41, 5.74) is 0.572. The van der Waals surface area contributed by atoms with Gasteiger partial charge >= 0.3 is 5.97 Å². The maximum absolute atomic E-state index is 13.6. The number of benzene rings is 3. The van der Waals surface area contributed by atoms with E-state index in [0.29, 0.717) is 16.1 Å². The van der Waals surface area contributed by atoms with Crippen LogP contribution in [0.4, 0.5) is 0 Å². The van der Waals surface area contributed by atoms with Gasteiger partial charge in [-0.25, -0.2) is 0 Å². The highest BCUT2D eigenvalue weighted by molar-refractivity contribution is 7.99. The molecule has 5 heteroatoms. The minimum Gasteiger partial charge on any atom is -0.465 e. The topological polar surface area (TPSA) is 43.4 Å². The molecule has 0 aromatic heterocycles. The lowest BCUT2D eigenvalue weighted by Crippen LogP contribution is -2.43. The van der Waals surface area contributed by atoms with Gasteiger partial charge in [0.2, 0.25) is 0 Å². The molecule has 1 aliphatic rings. The summed E-state index contributed by atoms with van der Waals surface area (Å²) in [6, 6.07) is 22.6. The van der Waals surface area contributed by atoms with Crippen LogP contribution in [0, 0.1) is 0 Å². The largest absolute Gasteiger partial charge is 0.465 e. The second-order valence-corrected chi connectivity index (χ2v) is 8.40. The maximum Gasteiger partial charge on any atom is 0.324 e. The summed E-state index contributed by atoms with van der Waals surface area (Å²) in [6.45, 7) is 1.96. The summed E-state index contributed by atoms with van der Waals surface area (Å²) in [5, 5.41) is 0.545. The molecule has 0 N–H and O–H groups in total. The Kier molecular flexibility index (Phi) is 5.48. The molecule has 1 atom stereocenters. The molecule has 1 aliphatic carbocycles. The van der Waals surface area contributed by atoms with Gasteiger partial charge in [0.25, 0.3) is 0 Å². The number of ketones is 1. The van der Waals surface area contributed by atoms with E-state index in [4.69, 9.17) is 16.3 Å². The predicted molar refractivity (Wildman–Crippen MR) is 115 cm³/mol. The molecular weight excluding hydrogens is 404 g/mol. The number of fused-ring (bicyclic) bond motifs is 1. The van der Waals surface area contributed by atoms with E-state index in [9.17, 15) is 9.59 Å². The van der Waals surface area contributed by atoms with Crippen LogP contribution in [0.1, 0.15) is 28.4 Å². The Morgan fingerprint density at radius 2 is 1.79 bits per heavy atom. The number of esters is 1. The van der Waals surface area contributed by atoms with Crippen molar-refractivity contribution in [1.82, 2.24) is 0 Å². The minimum atomic E-state index is -1.40. The number of ether oxygens (including phenoxy) is 1. The molecule has 0 heterocycles. The molecule has 1 unspecified atom stereocenters. The van der Waals surface area contributed by atoms with E-state index < -0.39 is 11.4 Å². The molecule has 0 fully saturated rings. The van der Waals surface area contributed by atoms with Crippen molar-refractivity contribution in [3.05, 3.63) is 94.5 Å². The van der Waals surface area contributed by atoms with Gasteiger partial charge in [-0.1, -0.05) is 59.8 Å². The Morgan fingerprint density at radius 1 is 1.07 bits per heavy atom. The van der Waals surface area contributed by atoms with Gasteiger partial charge in [-0.05, 0) is 54.4 Å². The Morgan fingerprint density at radius 3 is 2.55 bits per heavy atom. The van der Waals surface area contributed by atoms with Crippen LogP contribution in [0.25, 0.3) is 0 Å². The van der Waals surface area contributed by atoms with Crippen LogP contribution < -0.4 is 0 Å². The number of halogens is 1. The molecule has 0 aliphatic heterocycles. The predicted octanol–water partition coefficient (Wildman–Crippen LogP) is 5.73. The van der Waals surface area contributed by atoms with Crippen molar-refractivity contribution in [3.8, 4) is 0 Å². The van der Waals surface area contributed by atoms with Crippen LogP contribution in [0.15, 0.2) is 82.6 Å². The summed E-state index contributed by atoms with van der Waals surface area (Å²) >= 11 is 7.69. The first-order chi connectivity index (χ1) is 14.1. The van der Waals surface area contributed by atoms with Gasteiger partial charge in [-0.15, -0.1) is 0 Å². The minimum absolute atomic E-state index is 0.207. The fourth-order valence-electron chi connectivity index (χ4n) is 3.80. The first-order valence-electron chi connectivity index (χ1n) is 9.39. The van der Waals surface area contributed by atoms with Gasteiger partial charge < -0.3 is 4.74 Å². The first-order valence-corrected chi connectivity index (χ1v) is 10.6. The van der Waals surface area contributed by atoms with Gasteiger partial charge in [0.05, 0.1) is 6.61 Å². The average Bonchev–Trinajstić information content (AvgIpc) is 3.02. The molecule has 0 spiro atoms. The van der Waals surface area contributed by atoms with Crippen LogP contribution in [0.5, 0.6) is 0 Å². The number of hydrogen-bond acceptors (Lipinski definition) is 4. The van der Waals surface area contributed by atoms with E-state index in [1.165, 1.54) is 11.8 Å². The zero-order valence-electron chi connectivity index (χ0n) is 15.9. The van der Waals surface area contributed by atoms with Crippen molar-refractivity contribution in [3.63, 3.8) is 0 Å². The highest BCUT2D eigenvalue weighted by atomic mass is 35.5. The summed E-state index contributed by atoms with van der Waals surface area (Å²) < 4.78 is 5.42. The van der Waals surface area contributed by atoms with Crippen molar-refractivity contribution >= 4 is 35.1 Å². The summed E-state index contributed by atoms with van der Waals surface area (Å²) in [5.74, 6) is -0.748. The normalized spacial score (nSPS) is 17.8. The number of carbonyl (C=O) groups excluding carboxylic acids is 2. The van der Waals surface area contributed by atoms with E-state index in [1.54, 1.807) is 25.1 Å². The molecule has 0 saturated heterocycles. The lowest BCUT2D eigenvalue weighted by atomic mass is 9.76. The van der Waals surface area contributed by atoms with Gasteiger partial charge in [0.15, 0.2) is 11.2 Å². The number of hydrogen-bond donors (Lipinski definition) is 0. The molecule has 3 aromatic rings. The quantitative estimate of drug-likeness (QED) is 0.389. The second-order valence-electron chi connectivity index (χ2n) is 6.84. The maximum atomic E-state index is 13.6. The van der Waals surface area contributed by atoms with E-state index in [0.717, 1.165) is 15.4 Å². The Hall–Kier alpha value is -2.56. The van der Waals surface area contributed by atoms with Crippen molar-refractivity contribution < 1.29 is 14.3 Å². The lowest BCUT2D eigenvalue weighted by Gasteiger charge is -2.27. The Bertz CT molecular complexity index is 1080. The molecule has 0 bridgehead atoms. The van der Waals surface area contributed by atoms with E-state index in [2.05, 4.69) is 0 Å². The van der Waals surface area contributed by atoms with Crippen LogP contribution in [-0.4, -0.2) is 18.4 Å². The molecule has 146 valence electrons.